The lowest BCUT2D eigenvalue weighted by Crippen LogP contribution is -2.63. The van der Waals surface area contributed by atoms with E-state index in [-0.39, 0.29) is 11.8 Å². The smallest absolute Gasteiger partial charge is 0.226 e. The SMILES string of the molecule is Cc1oc(-c2ccc(Cl)cc2)nc1CN1CC2(CC(C(=O)NCCCN3CCCC3)C2)C1. The summed E-state index contributed by atoms with van der Waals surface area (Å²) < 4.78 is 5.89. The normalized spacial score (nSPS) is 20.9. The van der Waals surface area contributed by atoms with E-state index in [1.807, 2.05) is 31.2 Å². The minimum Gasteiger partial charge on any atom is -0.441 e. The van der Waals surface area contributed by atoms with E-state index in [4.69, 9.17) is 21.0 Å². The Balaban J connectivity index is 1.03. The maximum Gasteiger partial charge on any atom is 0.226 e. The Hall–Kier alpha value is -1.89. The third-order valence-corrected chi connectivity index (χ3v) is 7.61. The van der Waals surface area contributed by atoms with Crippen LogP contribution in [0.25, 0.3) is 11.5 Å². The molecule has 0 radical (unpaired) electrons. The van der Waals surface area contributed by atoms with E-state index in [1.165, 1.54) is 25.9 Å². The molecule has 1 aromatic carbocycles. The van der Waals surface area contributed by atoms with Crippen LogP contribution in [0, 0.1) is 18.3 Å². The number of aromatic nitrogens is 1. The maximum atomic E-state index is 12.5. The lowest BCUT2D eigenvalue weighted by atomic mass is 9.57. The predicted molar refractivity (Wildman–Crippen MR) is 125 cm³/mol. The number of likely N-dealkylation sites (tertiary alicyclic amines) is 2. The Morgan fingerprint density at radius 2 is 1.91 bits per heavy atom. The second-order valence-corrected chi connectivity index (χ2v) is 10.4. The van der Waals surface area contributed by atoms with Crippen LogP contribution in [-0.2, 0) is 11.3 Å². The third-order valence-electron chi connectivity index (χ3n) is 7.35. The van der Waals surface area contributed by atoms with Gasteiger partial charge in [-0.2, -0.15) is 0 Å². The first-order valence-corrected chi connectivity index (χ1v) is 12.3. The number of benzene rings is 1. The highest BCUT2D eigenvalue weighted by Gasteiger charge is 2.54. The summed E-state index contributed by atoms with van der Waals surface area (Å²) in [5.74, 6) is 1.98. The van der Waals surface area contributed by atoms with Crippen LogP contribution in [0.4, 0.5) is 0 Å². The molecule has 2 aliphatic heterocycles. The molecule has 3 aliphatic rings. The molecule has 2 saturated heterocycles. The molecule has 2 aromatic rings. The van der Waals surface area contributed by atoms with Crippen molar-refractivity contribution in [3.8, 4) is 11.5 Å². The Bertz CT molecular complexity index is 937. The van der Waals surface area contributed by atoms with Crippen molar-refractivity contribution >= 4 is 17.5 Å². The molecule has 6 nitrogen and oxygen atoms in total. The number of hydrogen-bond donors (Lipinski definition) is 1. The molecule has 0 atom stereocenters. The fourth-order valence-corrected chi connectivity index (χ4v) is 5.74. The molecule has 5 rings (SSSR count). The van der Waals surface area contributed by atoms with Gasteiger partial charge in [-0.15, -0.1) is 0 Å². The molecule has 0 unspecified atom stereocenters. The zero-order valence-electron chi connectivity index (χ0n) is 18.9. The highest BCUT2D eigenvalue weighted by Crippen LogP contribution is 2.52. The molecule has 1 amide bonds. The topological polar surface area (TPSA) is 61.6 Å². The van der Waals surface area contributed by atoms with Gasteiger partial charge in [-0.25, -0.2) is 4.98 Å². The van der Waals surface area contributed by atoms with Crippen molar-refractivity contribution in [3.05, 3.63) is 40.7 Å². The number of aryl methyl sites for hydroxylation is 1. The number of nitrogens with one attached hydrogen (secondary N) is 1. The van der Waals surface area contributed by atoms with Crippen molar-refractivity contribution in [2.24, 2.45) is 11.3 Å². The minimum absolute atomic E-state index is 0.203. The van der Waals surface area contributed by atoms with Gasteiger partial charge in [0.05, 0.1) is 5.69 Å². The molecule has 1 aromatic heterocycles. The van der Waals surface area contributed by atoms with Crippen LogP contribution in [0.2, 0.25) is 5.02 Å². The van der Waals surface area contributed by atoms with Crippen LogP contribution in [0.1, 0.15) is 43.6 Å². The van der Waals surface area contributed by atoms with E-state index in [0.717, 1.165) is 69.0 Å². The van der Waals surface area contributed by atoms with E-state index in [2.05, 4.69) is 15.1 Å². The summed E-state index contributed by atoms with van der Waals surface area (Å²) in [4.78, 5) is 22.1. The molecule has 3 fully saturated rings. The summed E-state index contributed by atoms with van der Waals surface area (Å²) in [6.45, 7) is 9.26. The Morgan fingerprint density at radius 3 is 2.62 bits per heavy atom. The van der Waals surface area contributed by atoms with Crippen molar-refractivity contribution in [1.29, 1.82) is 0 Å². The summed E-state index contributed by atoms with van der Waals surface area (Å²) >= 11 is 5.98. The molecule has 3 heterocycles. The number of oxazole rings is 1. The lowest BCUT2D eigenvalue weighted by molar-refractivity contribution is -0.145. The zero-order chi connectivity index (χ0) is 22.1. The van der Waals surface area contributed by atoms with E-state index < -0.39 is 0 Å². The second kappa shape index (κ2) is 9.16. The molecule has 32 heavy (non-hydrogen) atoms. The van der Waals surface area contributed by atoms with Crippen LogP contribution < -0.4 is 5.32 Å². The van der Waals surface area contributed by atoms with Crippen molar-refractivity contribution in [1.82, 2.24) is 20.1 Å². The van der Waals surface area contributed by atoms with Crippen molar-refractivity contribution in [2.75, 3.05) is 39.3 Å². The molecule has 1 N–H and O–H groups in total. The number of carbonyl (C=O) groups is 1. The molecule has 1 spiro atoms. The van der Waals surface area contributed by atoms with Gasteiger partial charge >= 0.3 is 0 Å². The molecule has 0 bridgehead atoms. The van der Waals surface area contributed by atoms with Crippen LogP contribution in [0.15, 0.2) is 28.7 Å². The van der Waals surface area contributed by atoms with Gasteiger partial charge in [-0.05, 0) is 88.3 Å². The first-order chi connectivity index (χ1) is 15.5. The number of amides is 1. The van der Waals surface area contributed by atoms with Crippen molar-refractivity contribution in [3.63, 3.8) is 0 Å². The minimum atomic E-state index is 0.203. The largest absolute Gasteiger partial charge is 0.441 e. The van der Waals surface area contributed by atoms with Gasteiger partial charge in [0.2, 0.25) is 11.8 Å². The van der Waals surface area contributed by atoms with Crippen molar-refractivity contribution in [2.45, 2.75) is 45.6 Å². The molecular formula is C25H33ClN4O2. The first-order valence-electron chi connectivity index (χ1n) is 11.9. The number of carbonyl (C=O) groups excluding carboxylic acids is 1. The molecular weight excluding hydrogens is 424 g/mol. The van der Waals surface area contributed by atoms with Crippen LogP contribution in [-0.4, -0.2) is 60.0 Å². The highest BCUT2D eigenvalue weighted by atomic mass is 35.5. The van der Waals surface area contributed by atoms with Crippen LogP contribution in [0.3, 0.4) is 0 Å². The Labute approximate surface area is 195 Å². The van der Waals surface area contributed by atoms with Gasteiger partial charge in [0.1, 0.15) is 5.76 Å². The summed E-state index contributed by atoms with van der Waals surface area (Å²) in [5, 5.41) is 3.87. The maximum absolute atomic E-state index is 12.5. The van der Waals surface area contributed by atoms with Crippen LogP contribution in [0.5, 0.6) is 0 Å². The summed E-state index contributed by atoms with van der Waals surface area (Å²) in [5.41, 5.74) is 2.28. The zero-order valence-corrected chi connectivity index (χ0v) is 19.7. The number of nitrogens with zero attached hydrogens (tertiary/aromatic N) is 3. The Kier molecular flexibility index (Phi) is 6.28. The number of hydrogen-bond acceptors (Lipinski definition) is 5. The van der Waals surface area contributed by atoms with Crippen molar-refractivity contribution < 1.29 is 9.21 Å². The number of halogens is 1. The van der Waals surface area contributed by atoms with Gasteiger partial charge in [0.25, 0.3) is 0 Å². The van der Waals surface area contributed by atoms with Gasteiger partial charge in [0, 0.05) is 42.7 Å². The summed E-state index contributed by atoms with van der Waals surface area (Å²) in [6, 6.07) is 7.57. The van der Waals surface area contributed by atoms with E-state index in [1.54, 1.807) is 0 Å². The quantitative estimate of drug-likeness (QED) is 0.605. The fourth-order valence-electron chi connectivity index (χ4n) is 5.61. The standard InChI is InChI=1S/C25H33ClN4O2/c1-18-22(28-24(32-18)19-5-7-21(26)8-6-19)15-30-16-25(17-30)13-20(14-25)23(31)27-9-4-12-29-10-2-3-11-29/h5-8,20H,2-4,9-17H2,1H3,(H,27,31). The second-order valence-electron chi connectivity index (χ2n) is 9.97. The van der Waals surface area contributed by atoms with Gasteiger partial charge < -0.3 is 14.6 Å². The van der Waals surface area contributed by atoms with E-state index >= 15 is 0 Å². The molecule has 172 valence electrons. The van der Waals surface area contributed by atoms with Gasteiger partial charge in [-0.1, -0.05) is 11.6 Å². The molecule has 1 aliphatic carbocycles. The average molecular weight is 457 g/mol. The molecule has 7 heteroatoms. The highest BCUT2D eigenvalue weighted by molar-refractivity contribution is 6.30. The summed E-state index contributed by atoms with van der Waals surface area (Å²) in [6.07, 6.45) is 5.76. The van der Waals surface area contributed by atoms with E-state index in [0.29, 0.717) is 16.3 Å². The number of rotatable bonds is 8. The lowest BCUT2D eigenvalue weighted by Gasteiger charge is -2.58. The summed E-state index contributed by atoms with van der Waals surface area (Å²) in [7, 11) is 0. The molecule has 1 saturated carbocycles. The van der Waals surface area contributed by atoms with Crippen LogP contribution >= 0.6 is 11.6 Å². The average Bonchev–Trinajstić information content (AvgIpc) is 3.36. The predicted octanol–water partition coefficient (Wildman–Crippen LogP) is 4.12. The van der Waals surface area contributed by atoms with E-state index in [9.17, 15) is 4.79 Å². The van der Waals surface area contributed by atoms with Gasteiger partial charge in [0.15, 0.2) is 0 Å². The monoisotopic (exact) mass is 456 g/mol. The first kappa shape index (κ1) is 21.9. The fraction of sp³-hybridized carbons (Fsp3) is 0.600. The van der Waals surface area contributed by atoms with Gasteiger partial charge in [-0.3, -0.25) is 9.69 Å². The third kappa shape index (κ3) is 4.73. The Morgan fingerprint density at radius 1 is 1.19 bits per heavy atom.